The maximum Gasteiger partial charge on any atom is 0.255 e. The molecule has 1 aromatic heterocycles. The van der Waals surface area contributed by atoms with Crippen molar-refractivity contribution in [3.63, 3.8) is 0 Å². The molecule has 2 aromatic rings. The minimum Gasteiger partial charge on any atom is -0.352 e. The Kier molecular flexibility index (Phi) is 6.59. The molecule has 0 saturated heterocycles. The molecule has 6 heteroatoms. The molecule has 1 unspecified atom stereocenters. The Labute approximate surface area is 137 Å². The molecule has 22 heavy (non-hydrogen) atoms. The molecule has 0 spiro atoms. The molecule has 0 aliphatic rings. The lowest BCUT2D eigenvalue weighted by Crippen LogP contribution is -2.29. The summed E-state index contributed by atoms with van der Waals surface area (Å²) in [5.74, 6) is -0.0900. The van der Waals surface area contributed by atoms with E-state index in [2.05, 4.69) is 10.4 Å². The van der Waals surface area contributed by atoms with Crippen LogP contribution in [0, 0.1) is 13.8 Å². The Morgan fingerprint density at radius 3 is 2.55 bits per heavy atom. The van der Waals surface area contributed by atoms with Gasteiger partial charge in [-0.1, -0.05) is 18.2 Å². The predicted molar refractivity (Wildman–Crippen MR) is 90.9 cm³/mol. The number of benzene rings is 1. The third kappa shape index (κ3) is 4.08. The van der Waals surface area contributed by atoms with Crippen molar-refractivity contribution in [1.29, 1.82) is 0 Å². The second-order valence-corrected chi connectivity index (χ2v) is 5.32. The lowest BCUT2D eigenvalue weighted by atomic mass is 10.1. The van der Waals surface area contributed by atoms with E-state index in [1.165, 1.54) is 0 Å². The summed E-state index contributed by atoms with van der Waals surface area (Å²) in [5, 5.41) is 7.38. The average molecular weight is 323 g/mol. The van der Waals surface area contributed by atoms with Gasteiger partial charge < -0.3 is 11.1 Å². The molecule has 1 heterocycles. The van der Waals surface area contributed by atoms with Gasteiger partial charge in [-0.2, -0.15) is 5.10 Å². The van der Waals surface area contributed by atoms with Gasteiger partial charge in [-0.3, -0.25) is 4.79 Å². The first-order chi connectivity index (χ1) is 10.0. The Hall–Kier alpha value is -1.85. The fourth-order valence-corrected chi connectivity index (χ4v) is 2.29. The molecule has 5 nitrogen and oxygen atoms in total. The van der Waals surface area contributed by atoms with Crippen LogP contribution in [0.1, 0.15) is 35.1 Å². The topological polar surface area (TPSA) is 72.9 Å². The molecule has 0 fully saturated rings. The maximum atomic E-state index is 12.3. The molecular formula is C16H23ClN4O. The van der Waals surface area contributed by atoms with E-state index in [-0.39, 0.29) is 24.4 Å². The summed E-state index contributed by atoms with van der Waals surface area (Å²) in [6.45, 7) is 6.27. The standard InChI is InChI=1S/C16H22N4O.ClH/c1-11(17)9-10-18-16(21)15-12(2)19-20(13(15)3)14-7-5-4-6-8-14;/h4-8,11H,9-10,17H2,1-3H3,(H,18,21);1H. The van der Waals surface area contributed by atoms with Crippen LogP contribution in [0.4, 0.5) is 0 Å². The molecule has 0 bridgehead atoms. The highest BCUT2D eigenvalue weighted by molar-refractivity contribution is 5.96. The minimum atomic E-state index is -0.0900. The molecule has 120 valence electrons. The highest BCUT2D eigenvalue weighted by Crippen LogP contribution is 2.17. The van der Waals surface area contributed by atoms with Gasteiger partial charge in [0.15, 0.2) is 0 Å². The first-order valence-electron chi connectivity index (χ1n) is 7.16. The second kappa shape index (κ2) is 7.96. The van der Waals surface area contributed by atoms with Gasteiger partial charge in [0, 0.05) is 12.6 Å². The van der Waals surface area contributed by atoms with Crippen LogP contribution in [0.2, 0.25) is 0 Å². The zero-order chi connectivity index (χ0) is 15.4. The van der Waals surface area contributed by atoms with Crippen molar-refractivity contribution < 1.29 is 4.79 Å². The predicted octanol–water partition coefficient (Wildman–Crippen LogP) is 2.38. The van der Waals surface area contributed by atoms with Crippen LogP contribution in [-0.4, -0.2) is 28.3 Å². The van der Waals surface area contributed by atoms with E-state index in [0.29, 0.717) is 12.1 Å². The first kappa shape index (κ1) is 18.2. The maximum absolute atomic E-state index is 12.3. The monoisotopic (exact) mass is 322 g/mol. The van der Waals surface area contributed by atoms with Gasteiger partial charge in [0.2, 0.25) is 0 Å². The number of aromatic nitrogens is 2. The number of nitrogens with one attached hydrogen (secondary N) is 1. The summed E-state index contributed by atoms with van der Waals surface area (Å²) in [5.41, 5.74) is 8.86. The van der Waals surface area contributed by atoms with Gasteiger partial charge in [-0.05, 0) is 39.3 Å². The third-order valence-electron chi connectivity index (χ3n) is 3.40. The number of carbonyl (C=O) groups is 1. The quantitative estimate of drug-likeness (QED) is 0.887. The van der Waals surface area contributed by atoms with E-state index in [0.717, 1.165) is 23.5 Å². The van der Waals surface area contributed by atoms with Gasteiger partial charge in [0.05, 0.1) is 22.6 Å². The van der Waals surface area contributed by atoms with Crippen LogP contribution in [-0.2, 0) is 0 Å². The van der Waals surface area contributed by atoms with E-state index in [1.54, 1.807) is 4.68 Å². The molecule has 1 amide bonds. The Morgan fingerprint density at radius 1 is 1.32 bits per heavy atom. The number of hydrogen-bond acceptors (Lipinski definition) is 3. The van der Waals surface area contributed by atoms with Crippen molar-refractivity contribution in [3.05, 3.63) is 47.3 Å². The fraction of sp³-hybridized carbons (Fsp3) is 0.375. The van der Waals surface area contributed by atoms with E-state index < -0.39 is 0 Å². The Bertz CT molecular complexity index is 623. The van der Waals surface area contributed by atoms with E-state index in [1.807, 2.05) is 51.1 Å². The number of nitrogens with zero attached hydrogens (tertiary/aromatic N) is 2. The number of aryl methyl sites for hydroxylation is 1. The summed E-state index contributed by atoms with van der Waals surface area (Å²) >= 11 is 0. The third-order valence-corrected chi connectivity index (χ3v) is 3.40. The molecular weight excluding hydrogens is 300 g/mol. The van der Waals surface area contributed by atoms with Crippen molar-refractivity contribution in [2.45, 2.75) is 33.2 Å². The molecule has 1 atom stereocenters. The van der Waals surface area contributed by atoms with E-state index >= 15 is 0 Å². The molecule has 0 aliphatic carbocycles. The molecule has 1 aromatic carbocycles. The second-order valence-electron chi connectivity index (χ2n) is 5.32. The highest BCUT2D eigenvalue weighted by atomic mass is 35.5. The summed E-state index contributed by atoms with van der Waals surface area (Å²) < 4.78 is 1.80. The number of carbonyl (C=O) groups excluding carboxylic acids is 1. The molecule has 0 radical (unpaired) electrons. The number of rotatable bonds is 5. The summed E-state index contributed by atoms with van der Waals surface area (Å²) in [6.07, 6.45) is 0.761. The zero-order valence-electron chi connectivity index (χ0n) is 13.2. The van der Waals surface area contributed by atoms with Crippen LogP contribution in [0.25, 0.3) is 5.69 Å². The van der Waals surface area contributed by atoms with Crippen LogP contribution in [0.5, 0.6) is 0 Å². The zero-order valence-corrected chi connectivity index (χ0v) is 14.0. The summed E-state index contributed by atoms with van der Waals surface area (Å²) in [6, 6.07) is 9.88. The van der Waals surface area contributed by atoms with Crippen LogP contribution in [0.15, 0.2) is 30.3 Å². The molecule has 2 rings (SSSR count). The van der Waals surface area contributed by atoms with Crippen molar-refractivity contribution in [2.24, 2.45) is 5.73 Å². The number of amides is 1. The van der Waals surface area contributed by atoms with E-state index in [9.17, 15) is 4.79 Å². The van der Waals surface area contributed by atoms with Crippen LogP contribution < -0.4 is 11.1 Å². The number of para-hydroxylation sites is 1. The van der Waals surface area contributed by atoms with Gasteiger partial charge in [-0.25, -0.2) is 4.68 Å². The number of hydrogen-bond donors (Lipinski definition) is 2. The molecule has 0 saturated carbocycles. The van der Waals surface area contributed by atoms with E-state index in [4.69, 9.17) is 5.73 Å². The number of halogens is 1. The lowest BCUT2D eigenvalue weighted by Gasteiger charge is -2.08. The lowest BCUT2D eigenvalue weighted by molar-refractivity contribution is 0.0951. The fourth-order valence-electron chi connectivity index (χ4n) is 2.29. The van der Waals surface area contributed by atoms with Crippen LogP contribution in [0.3, 0.4) is 0 Å². The first-order valence-corrected chi connectivity index (χ1v) is 7.16. The number of nitrogens with two attached hydrogens (primary N) is 1. The SMILES string of the molecule is Cc1nn(-c2ccccc2)c(C)c1C(=O)NCCC(C)N.Cl. The van der Waals surface area contributed by atoms with Crippen molar-refractivity contribution >= 4 is 18.3 Å². The van der Waals surface area contributed by atoms with Gasteiger partial charge in [0.1, 0.15) is 0 Å². The smallest absolute Gasteiger partial charge is 0.255 e. The van der Waals surface area contributed by atoms with Gasteiger partial charge >= 0.3 is 0 Å². The Morgan fingerprint density at radius 2 is 1.95 bits per heavy atom. The average Bonchev–Trinajstić information content (AvgIpc) is 2.74. The van der Waals surface area contributed by atoms with Crippen molar-refractivity contribution in [3.8, 4) is 5.69 Å². The summed E-state index contributed by atoms with van der Waals surface area (Å²) in [4.78, 5) is 12.3. The minimum absolute atomic E-state index is 0. The van der Waals surface area contributed by atoms with Crippen LogP contribution >= 0.6 is 12.4 Å². The van der Waals surface area contributed by atoms with Crippen molar-refractivity contribution in [1.82, 2.24) is 15.1 Å². The largest absolute Gasteiger partial charge is 0.352 e. The van der Waals surface area contributed by atoms with Gasteiger partial charge in [0.25, 0.3) is 5.91 Å². The van der Waals surface area contributed by atoms with Gasteiger partial charge in [-0.15, -0.1) is 12.4 Å². The highest BCUT2D eigenvalue weighted by Gasteiger charge is 2.18. The normalized spacial score (nSPS) is 11.6. The molecule has 0 aliphatic heterocycles. The Balaban J connectivity index is 0.00000242. The summed E-state index contributed by atoms with van der Waals surface area (Å²) in [7, 11) is 0. The van der Waals surface area contributed by atoms with Crippen molar-refractivity contribution in [2.75, 3.05) is 6.54 Å². The molecule has 3 N–H and O–H groups in total.